The van der Waals surface area contributed by atoms with E-state index >= 15 is 0 Å². The first-order valence-electron chi connectivity index (χ1n) is 6.50. The van der Waals surface area contributed by atoms with Crippen molar-refractivity contribution < 1.29 is 9.59 Å². The molecule has 0 saturated heterocycles. The van der Waals surface area contributed by atoms with E-state index in [0.29, 0.717) is 18.5 Å². The molecule has 0 heterocycles. The molecule has 0 aliphatic carbocycles. The van der Waals surface area contributed by atoms with Gasteiger partial charge in [0.1, 0.15) is 0 Å². The van der Waals surface area contributed by atoms with Gasteiger partial charge in [0.05, 0.1) is 0 Å². The number of hydrogen-bond acceptors (Lipinski definition) is 3. The highest BCUT2D eigenvalue weighted by molar-refractivity contribution is 5.93. The van der Waals surface area contributed by atoms with Crippen molar-refractivity contribution in [3.05, 3.63) is 24.3 Å². The summed E-state index contributed by atoms with van der Waals surface area (Å²) >= 11 is 0. The third kappa shape index (κ3) is 5.52. The number of benzene rings is 1. The summed E-state index contributed by atoms with van der Waals surface area (Å²) in [6.45, 7) is 3.74. The van der Waals surface area contributed by atoms with E-state index in [1.165, 1.54) is 0 Å². The molecule has 104 valence electrons. The topological polar surface area (TPSA) is 84.2 Å². The summed E-state index contributed by atoms with van der Waals surface area (Å²) in [5.74, 6) is -0.134. The highest BCUT2D eigenvalue weighted by Crippen LogP contribution is 2.14. The highest BCUT2D eigenvalue weighted by atomic mass is 16.2. The van der Waals surface area contributed by atoms with Crippen LogP contribution in [0.5, 0.6) is 0 Å². The van der Waals surface area contributed by atoms with Crippen molar-refractivity contribution in [3.8, 4) is 0 Å². The van der Waals surface area contributed by atoms with Gasteiger partial charge in [0.2, 0.25) is 11.8 Å². The maximum atomic E-state index is 11.6. The number of hydrogen-bond donors (Lipinski definition) is 3. The molecule has 0 saturated carbocycles. The van der Waals surface area contributed by atoms with Crippen LogP contribution in [-0.4, -0.2) is 17.9 Å². The lowest BCUT2D eigenvalue weighted by Crippen LogP contribution is -2.26. The van der Waals surface area contributed by atoms with Gasteiger partial charge in [0, 0.05) is 30.3 Å². The van der Waals surface area contributed by atoms with Gasteiger partial charge < -0.3 is 16.4 Å². The van der Waals surface area contributed by atoms with E-state index in [4.69, 9.17) is 5.73 Å². The number of rotatable bonds is 6. The second kappa shape index (κ2) is 7.53. The zero-order valence-electron chi connectivity index (χ0n) is 11.4. The maximum absolute atomic E-state index is 11.6. The smallest absolute Gasteiger partial charge is 0.225 e. The number of nitrogens with two attached hydrogens (primary N) is 1. The molecule has 0 aromatic heterocycles. The Kier molecular flexibility index (Phi) is 6.02. The fourth-order valence-electron chi connectivity index (χ4n) is 1.48. The third-order valence-corrected chi connectivity index (χ3v) is 2.75. The first-order chi connectivity index (χ1) is 9.05. The van der Waals surface area contributed by atoms with Crippen molar-refractivity contribution in [2.75, 3.05) is 10.6 Å². The molecule has 0 aliphatic rings. The summed E-state index contributed by atoms with van der Waals surface area (Å²) in [5, 5.41) is 5.51. The summed E-state index contributed by atoms with van der Waals surface area (Å²) in [6, 6.07) is 6.90. The molecule has 0 spiro atoms. The minimum Gasteiger partial charge on any atom is -0.327 e. The van der Waals surface area contributed by atoms with Gasteiger partial charge >= 0.3 is 0 Å². The lowest BCUT2D eigenvalue weighted by atomic mass is 10.1. The molecule has 1 rings (SSSR count). The average Bonchev–Trinajstić information content (AvgIpc) is 2.40. The Morgan fingerprint density at radius 3 is 1.95 bits per heavy atom. The quantitative estimate of drug-likeness (QED) is 0.734. The second-order valence-electron chi connectivity index (χ2n) is 4.40. The molecule has 5 heteroatoms. The van der Waals surface area contributed by atoms with Gasteiger partial charge in [0.25, 0.3) is 0 Å². The average molecular weight is 263 g/mol. The van der Waals surface area contributed by atoms with Gasteiger partial charge in [0.15, 0.2) is 0 Å². The van der Waals surface area contributed by atoms with E-state index < -0.39 is 0 Å². The fourth-order valence-corrected chi connectivity index (χ4v) is 1.48. The van der Waals surface area contributed by atoms with Crippen LogP contribution in [0.25, 0.3) is 0 Å². The Labute approximate surface area is 113 Å². The normalized spacial score (nSPS) is 11.7. The molecule has 19 heavy (non-hydrogen) atoms. The van der Waals surface area contributed by atoms with Crippen molar-refractivity contribution in [3.63, 3.8) is 0 Å². The van der Waals surface area contributed by atoms with Gasteiger partial charge in [-0.2, -0.15) is 0 Å². The van der Waals surface area contributed by atoms with Crippen LogP contribution in [0.2, 0.25) is 0 Å². The second-order valence-corrected chi connectivity index (χ2v) is 4.40. The van der Waals surface area contributed by atoms with E-state index in [-0.39, 0.29) is 17.9 Å². The summed E-state index contributed by atoms with van der Waals surface area (Å²) in [7, 11) is 0. The van der Waals surface area contributed by atoms with Crippen LogP contribution in [0.15, 0.2) is 24.3 Å². The van der Waals surface area contributed by atoms with Gasteiger partial charge in [-0.1, -0.05) is 13.8 Å². The lowest BCUT2D eigenvalue weighted by molar-refractivity contribution is -0.117. The van der Waals surface area contributed by atoms with E-state index in [1.807, 2.05) is 6.92 Å². The molecule has 1 aromatic carbocycles. The zero-order valence-corrected chi connectivity index (χ0v) is 11.4. The lowest BCUT2D eigenvalue weighted by Gasteiger charge is -2.10. The number of amides is 2. The molecule has 5 nitrogen and oxygen atoms in total. The first-order valence-corrected chi connectivity index (χ1v) is 6.50. The van der Waals surface area contributed by atoms with Gasteiger partial charge in [-0.15, -0.1) is 0 Å². The number of anilines is 2. The van der Waals surface area contributed by atoms with Gasteiger partial charge in [-0.05, 0) is 30.7 Å². The summed E-state index contributed by atoms with van der Waals surface area (Å²) in [5.41, 5.74) is 7.13. The summed E-state index contributed by atoms with van der Waals surface area (Å²) in [6.07, 6.45) is 1.52. The van der Waals surface area contributed by atoms with Crippen LogP contribution in [0.1, 0.15) is 33.1 Å². The SMILES string of the molecule is CCC(=O)Nc1ccc(NC(=O)CC(N)CC)cc1. The first kappa shape index (κ1) is 15.2. The molecular formula is C14H21N3O2. The number of carbonyl (C=O) groups excluding carboxylic acids is 2. The van der Waals surface area contributed by atoms with Gasteiger partial charge in [-0.25, -0.2) is 0 Å². The zero-order chi connectivity index (χ0) is 14.3. The molecule has 4 N–H and O–H groups in total. The highest BCUT2D eigenvalue weighted by Gasteiger charge is 2.07. The standard InChI is InChI=1S/C14H21N3O2/c1-3-10(15)9-14(19)17-12-7-5-11(6-8-12)16-13(18)4-2/h5-8,10H,3-4,9,15H2,1-2H3,(H,16,18)(H,17,19). The van der Waals surface area contributed by atoms with E-state index in [0.717, 1.165) is 12.1 Å². The van der Waals surface area contributed by atoms with Crippen molar-refractivity contribution in [1.29, 1.82) is 0 Å². The van der Waals surface area contributed by atoms with E-state index in [9.17, 15) is 9.59 Å². The van der Waals surface area contributed by atoms with Crippen LogP contribution in [-0.2, 0) is 9.59 Å². The molecule has 0 fully saturated rings. The molecule has 2 amide bonds. The number of carbonyl (C=O) groups is 2. The van der Waals surface area contributed by atoms with Crippen molar-refractivity contribution in [2.45, 2.75) is 39.2 Å². The van der Waals surface area contributed by atoms with E-state index in [1.54, 1.807) is 31.2 Å². The Balaban J connectivity index is 2.52. The Morgan fingerprint density at radius 1 is 1.05 bits per heavy atom. The minimum atomic E-state index is -0.108. The molecule has 0 aliphatic heterocycles. The molecule has 0 radical (unpaired) electrons. The molecular weight excluding hydrogens is 242 g/mol. The van der Waals surface area contributed by atoms with Crippen molar-refractivity contribution in [1.82, 2.24) is 0 Å². The largest absolute Gasteiger partial charge is 0.327 e. The Morgan fingerprint density at radius 2 is 1.53 bits per heavy atom. The van der Waals surface area contributed by atoms with Crippen LogP contribution in [0.4, 0.5) is 11.4 Å². The predicted octanol–water partition coefficient (Wildman–Crippen LogP) is 2.10. The van der Waals surface area contributed by atoms with E-state index in [2.05, 4.69) is 10.6 Å². The molecule has 1 unspecified atom stereocenters. The van der Waals surface area contributed by atoms with Crippen LogP contribution in [0, 0.1) is 0 Å². The molecule has 1 aromatic rings. The minimum absolute atomic E-state index is 0.0364. The van der Waals surface area contributed by atoms with Gasteiger partial charge in [-0.3, -0.25) is 9.59 Å². The monoisotopic (exact) mass is 263 g/mol. The van der Waals surface area contributed by atoms with Crippen LogP contribution >= 0.6 is 0 Å². The summed E-state index contributed by atoms with van der Waals surface area (Å²) < 4.78 is 0. The Bertz CT molecular complexity index is 429. The number of nitrogens with one attached hydrogen (secondary N) is 2. The molecule has 1 atom stereocenters. The fraction of sp³-hybridized carbons (Fsp3) is 0.429. The summed E-state index contributed by atoms with van der Waals surface area (Å²) in [4.78, 5) is 22.8. The maximum Gasteiger partial charge on any atom is 0.225 e. The molecule has 0 bridgehead atoms. The van der Waals surface area contributed by atoms with Crippen molar-refractivity contribution >= 4 is 23.2 Å². The third-order valence-electron chi connectivity index (χ3n) is 2.75. The predicted molar refractivity (Wildman–Crippen MR) is 76.9 cm³/mol. The van der Waals surface area contributed by atoms with Crippen LogP contribution < -0.4 is 16.4 Å². The van der Waals surface area contributed by atoms with Crippen molar-refractivity contribution in [2.24, 2.45) is 5.73 Å². The van der Waals surface area contributed by atoms with Crippen LogP contribution in [0.3, 0.4) is 0 Å². The Hall–Kier alpha value is -1.88.